The summed E-state index contributed by atoms with van der Waals surface area (Å²) in [5.74, 6) is 0. The van der Waals surface area contributed by atoms with Crippen molar-refractivity contribution in [1.82, 2.24) is 14.9 Å². The zero-order chi connectivity index (χ0) is 13.4. The Hall–Kier alpha value is -1.65. The Morgan fingerprint density at radius 3 is 2.89 bits per heavy atom. The number of thiazole rings is 1. The Balaban J connectivity index is 2.21. The van der Waals surface area contributed by atoms with Crippen LogP contribution in [0.5, 0.6) is 0 Å². The average molecular weight is 271 g/mol. The van der Waals surface area contributed by atoms with Crippen LogP contribution < -0.4 is 5.32 Å². The number of nitrogens with one attached hydrogen (secondary N) is 1. The molecule has 1 N–H and O–H groups in total. The first-order chi connectivity index (χ1) is 9.22. The highest BCUT2D eigenvalue weighted by atomic mass is 32.1. The van der Waals surface area contributed by atoms with Gasteiger partial charge in [-0.25, -0.2) is 4.98 Å². The molecule has 3 nitrogen and oxygen atoms in total. The first-order valence-electron chi connectivity index (χ1n) is 6.36. The summed E-state index contributed by atoms with van der Waals surface area (Å²) < 4.78 is 2.25. The quantitative estimate of drug-likeness (QED) is 0.792. The normalized spacial score (nSPS) is 11.3. The molecule has 0 aliphatic carbocycles. The van der Waals surface area contributed by atoms with Crippen LogP contribution in [0, 0.1) is 6.92 Å². The lowest BCUT2D eigenvalue weighted by Gasteiger charge is -1.99. The van der Waals surface area contributed by atoms with Crippen LogP contribution in [0.1, 0.15) is 10.7 Å². The third kappa shape index (κ3) is 1.97. The van der Waals surface area contributed by atoms with Gasteiger partial charge in [0.1, 0.15) is 5.01 Å². The van der Waals surface area contributed by atoms with Gasteiger partial charge in [0, 0.05) is 41.9 Å². The van der Waals surface area contributed by atoms with Gasteiger partial charge < -0.3 is 9.88 Å². The van der Waals surface area contributed by atoms with E-state index in [4.69, 9.17) is 0 Å². The second kappa shape index (κ2) is 4.79. The molecule has 3 rings (SSSR count). The van der Waals surface area contributed by atoms with E-state index in [0.717, 1.165) is 11.6 Å². The van der Waals surface area contributed by atoms with Crippen LogP contribution in [-0.4, -0.2) is 16.6 Å². The van der Waals surface area contributed by atoms with Gasteiger partial charge in [-0.3, -0.25) is 0 Å². The van der Waals surface area contributed by atoms with E-state index in [1.165, 1.54) is 27.0 Å². The summed E-state index contributed by atoms with van der Waals surface area (Å²) >= 11 is 1.77. The maximum Gasteiger partial charge on any atom is 0.107 e. The highest BCUT2D eigenvalue weighted by Gasteiger charge is 2.15. The van der Waals surface area contributed by atoms with Gasteiger partial charge in [-0.2, -0.15) is 0 Å². The van der Waals surface area contributed by atoms with Crippen molar-refractivity contribution in [3.63, 3.8) is 0 Å². The van der Waals surface area contributed by atoms with Crippen LogP contribution in [-0.2, 0) is 13.6 Å². The van der Waals surface area contributed by atoms with Gasteiger partial charge in [-0.1, -0.05) is 18.2 Å². The van der Waals surface area contributed by atoms with Gasteiger partial charge in [0.25, 0.3) is 0 Å². The molecule has 1 aromatic carbocycles. The number of aryl methyl sites for hydroxylation is 1. The fourth-order valence-corrected chi connectivity index (χ4v) is 3.53. The molecule has 2 heterocycles. The average Bonchev–Trinajstić information content (AvgIpc) is 2.96. The number of hydrogen-bond acceptors (Lipinski definition) is 3. The summed E-state index contributed by atoms with van der Waals surface area (Å²) in [7, 11) is 4.07. The standard InChI is InChI=1S/C15H17N3S/c1-10-15(13-8-17-14(19-13)9-16-2)11-6-4-5-7-12(11)18(10)3/h4-8,16H,9H2,1-3H3. The number of aromatic nitrogens is 2. The first kappa shape index (κ1) is 12.4. The lowest BCUT2D eigenvalue weighted by molar-refractivity contribution is 0.810. The topological polar surface area (TPSA) is 29.9 Å². The summed E-state index contributed by atoms with van der Waals surface area (Å²) in [6, 6.07) is 8.54. The van der Waals surface area contributed by atoms with Gasteiger partial charge in [0.2, 0.25) is 0 Å². The Morgan fingerprint density at radius 2 is 2.11 bits per heavy atom. The van der Waals surface area contributed by atoms with Crippen LogP contribution in [0.25, 0.3) is 21.3 Å². The van der Waals surface area contributed by atoms with E-state index in [1.54, 1.807) is 11.3 Å². The van der Waals surface area contributed by atoms with Crippen LogP contribution in [0.3, 0.4) is 0 Å². The molecular weight excluding hydrogens is 254 g/mol. The number of rotatable bonds is 3. The Labute approximate surface area is 116 Å². The minimum atomic E-state index is 0.828. The number of fused-ring (bicyclic) bond motifs is 1. The molecule has 0 atom stereocenters. The third-order valence-corrected chi connectivity index (χ3v) is 4.54. The SMILES string of the molecule is CNCc1ncc(-c2c(C)n(C)c3ccccc23)s1. The van der Waals surface area contributed by atoms with Crippen LogP contribution in [0.2, 0.25) is 0 Å². The fourth-order valence-electron chi connectivity index (χ4n) is 2.49. The van der Waals surface area contributed by atoms with Crippen molar-refractivity contribution in [3.05, 3.63) is 41.2 Å². The smallest absolute Gasteiger partial charge is 0.107 e. The van der Waals surface area contributed by atoms with E-state index >= 15 is 0 Å². The second-order valence-electron chi connectivity index (χ2n) is 4.69. The largest absolute Gasteiger partial charge is 0.347 e. The molecular formula is C15H17N3S. The lowest BCUT2D eigenvalue weighted by Crippen LogP contribution is -2.03. The van der Waals surface area contributed by atoms with Crippen molar-refractivity contribution in [2.24, 2.45) is 7.05 Å². The molecule has 98 valence electrons. The van der Waals surface area contributed by atoms with E-state index in [2.05, 4.69) is 53.1 Å². The molecule has 4 heteroatoms. The molecule has 3 aromatic rings. The van der Waals surface area contributed by atoms with Gasteiger partial charge >= 0.3 is 0 Å². The molecule has 0 unspecified atom stereocenters. The van der Waals surface area contributed by atoms with E-state index in [9.17, 15) is 0 Å². The molecule has 0 saturated heterocycles. The predicted octanol–water partition coefficient (Wildman–Crippen LogP) is 3.33. The third-order valence-electron chi connectivity index (χ3n) is 3.53. The van der Waals surface area contributed by atoms with Crippen molar-refractivity contribution in [2.45, 2.75) is 13.5 Å². The molecule has 0 fully saturated rings. The van der Waals surface area contributed by atoms with E-state index in [-0.39, 0.29) is 0 Å². The minimum Gasteiger partial charge on any atom is -0.347 e. The number of nitrogens with zero attached hydrogens (tertiary/aromatic N) is 2. The molecule has 0 aliphatic heterocycles. The summed E-state index contributed by atoms with van der Waals surface area (Å²) in [6.07, 6.45) is 1.99. The molecule has 0 saturated carbocycles. The molecule has 0 aliphatic rings. The fraction of sp³-hybridized carbons (Fsp3) is 0.267. The summed E-state index contributed by atoms with van der Waals surface area (Å²) in [5, 5.41) is 5.59. The lowest BCUT2D eigenvalue weighted by atomic mass is 10.1. The number of para-hydroxylation sites is 1. The van der Waals surface area contributed by atoms with Crippen molar-refractivity contribution >= 4 is 22.2 Å². The Kier molecular flexibility index (Phi) is 3.12. The van der Waals surface area contributed by atoms with Crippen LogP contribution >= 0.6 is 11.3 Å². The van der Waals surface area contributed by atoms with E-state index in [1.807, 2.05) is 13.2 Å². The van der Waals surface area contributed by atoms with Gasteiger partial charge in [0.05, 0.1) is 4.88 Å². The Morgan fingerprint density at radius 1 is 1.32 bits per heavy atom. The van der Waals surface area contributed by atoms with Crippen molar-refractivity contribution < 1.29 is 0 Å². The Bertz CT molecular complexity index is 724. The number of hydrogen-bond donors (Lipinski definition) is 1. The van der Waals surface area contributed by atoms with Gasteiger partial charge in [-0.15, -0.1) is 11.3 Å². The highest BCUT2D eigenvalue weighted by Crippen LogP contribution is 2.36. The minimum absolute atomic E-state index is 0.828. The molecule has 19 heavy (non-hydrogen) atoms. The van der Waals surface area contributed by atoms with Crippen molar-refractivity contribution in [1.29, 1.82) is 0 Å². The molecule has 0 spiro atoms. The maximum atomic E-state index is 4.49. The number of benzene rings is 1. The van der Waals surface area contributed by atoms with E-state index in [0.29, 0.717) is 0 Å². The molecule has 2 aromatic heterocycles. The van der Waals surface area contributed by atoms with Crippen molar-refractivity contribution in [2.75, 3.05) is 7.05 Å². The molecule has 0 amide bonds. The molecule has 0 bridgehead atoms. The van der Waals surface area contributed by atoms with Gasteiger partial charge in [0.15, 0.2) is 0 Å². The van der Waals surface area contributed by atoms with E-state index < -0.39 is 0 Å². The van der Waals surface area contributed by atoms with Gasteiger partial charge in [-0.05, 0) is 20.0 Å². The maximum absolute atomic E-state index is 4.49. The predicted molar refractivity (Wildman–Crippen MR) is 81.5 cm³/mol. The first-order valence-corrected chi connectivity index (χ1v) is 7.17. The summed E-state index contributed by atoms with van der Waals surface area (Å²) in [6.45, 7) is 3.00. The van der Waals surface area contributed by atoms with Crippen LogP contribution in [0.15, 0.2) is 30.5 Å². The zero-order valence-corrected chi connectivity index (χ0v) is 12.2. The monoisotopic (exact) mass is 271 g/mol. The molecule has 0 radical (unpaired) electrons. The summed E-state index contributed by atoms with van der Waals surface area (Å²) in [4.78, 5) is 5.74. The van der Waals surface area contributed by atoms with Crippen LogP contribution in [0.4, 0.5) is 0 Å². The second-order valence-corrected chi connectivity index (χ2v) is 5.80. The summed E-state index contributed by atoms with van der Waals surface area (Å²) in [5.41, 5.74) is 3.89. The highest BCUT2D eigenvalue weighted by molar-refractivity contribution is 7.15. The van der Waals surface area contributed by atoms with Crippen molar-refractivity contribution in [3.8, 4) is 10.4 Å². The zero-order valence-electron chi connectivity index (χ0n) is 11.4.